The number of halogens is 3. The number of rotatable bonds is 2. The van der Waals surface area contributed by atoms with Gasteiger partial charge < -0.3 is 15.0 Å². The lowest BCUT2D eigenvalue weighted by Crippen LogP contribution is -2.37. The first kappa shape index (κ1) is 17.3. The number of benzene rings is 2. The molecular formula is C19H15Cl2FN2O2. The molecule has 3 aromatic rings. The molecule has 2 aromatic carbocycles. The molecule has 1 aliphatic rings. The van der Waals surface area contributed by atoms with E-state index in [0.717, 1.165) is 22.2 Å². The Hall–Kier alpha value is -2.08. The number of carbonyl (C=O) groups excluding carboxylic acids is 1. The summed E-state index contributed by atoms with van der Waals surface area (Å²) in [6.45, 7) is 0.343. The molecule has 0 spiro atoms. The molecule has 1 aromatic heterocycles. The van der Waals surface area contributed by atoms with Crippen LogP contribution in [0.4, 0.5) is 4.39 Å². The smallest absolute Gasteiger partial charge is 0.248 e. The molecule has 0 aliphatic carbocycles. The van der Waals surface area contributed by atoms with Crippen molar-refractivity contribution in [2.75, 3.05) is 13.2 Å². The van der Waals surface area contributed by atoms with Gasteiger partial charge in [0.05, 0.1) is 15.6 Å². The molecule has 4 nitrogen and oxygen atoms in total. The van der Waals surface area contributed by atoms with Crippen LogP contribution in [0.15, 0.2) is 30.3 Å². The summed E-state index contributed by atoms with van der Waals surface area (Å²) in [4.78, 5) is 16.8. The van der Waals surface area contributed by atoms with Crippen molar-refractivity contribution in [3.05, 3.63) is 57.5 Å². The van der Waals surface area contributed by atoms with E-state index < -0.39 is 6.61 Å². The highest BCUT2D eigenvalue weighted by atomic mass is 35.5. The molecule has 4 rings (SSSR count). The van der Waals surface area contributed by atoms with Crippen molar-refractivity contribution in [3.63, 3.8) is 0 Å². The fraction of sp³-hybridized carbons (Fsp3) is 0.211. The monoisotopic (exact) mass is 392 g/mol. The number of amides is 1. The minimum Gasteiger partial charge on any atom is -0.387 e. The molecular weight excluding hydrogens is 378 g/mol. The number of carbonyl (C=O) groups is 1. The van der Waals surface area contributed by atoms with Crippen LogP contribution in [0.5, 0.6) is 0 Å². The van der Waals surface area contributed by atoms with E-state index in [1.165, 1.54) is 12.1 Å². The second kappa shape index (κ2) is 6.58. The molecule has 1 amide bonds. The average molecular weight is 393 g/mol. The Bertz CT molecular complexity index is 1030. The van der Waals surface area contributed by atoms with Crippen molar-refractivity contribution < 1.29 is 14.3 Å². The maximum atomic E-state index is 13.8. The summed E-state index contributed by atoms with van der Waals surface area (Å²) in [6, 6.07) is 7.99. The molecule has 0 unspecified atom stereocenters. The van der Waals surface area contributed by atoms with E-state index in [1.54, 1.807) is 23.1 Å². The van der Waals surface area contributed by atoms with Gasteiger partial charge in [0.1, 0.15) is 12.4 Å². The number of nitrogens with zero attached hydrogens (tertiary/aromatic N) is 1. The molecule has 0 bridgehead atoms. The summed E-state index contributed by atoms with van der Waals surface area (Å²) in [5, 5.41) is 10.8. The Kier molecular flexibility index (Phi) is 4.39. The molecule has 0 radical (unpaired) electrons. The second-order valence-corrected chi connectivity index (χ2v) is 7.07. The largest absolute Gasteiger partial charge is 0.387 e. The lowest BCUT2D eigenvalue weighted by molar-refractivity contribution is -0.135. The van der Waals surface area contributed by atoms with Crippen molar-refractivity contribution in [2.45, 2.75) is 13.0 Å². The number of nitrogens with one attached hydrogen (secondary N) is 1. The Morgan fingerprint density at radius 2 is 2.12 bits per heavy atom. The normalized spacial score (nSPS) is 13.9. The van der Waals surface area contributed by atoms with Gasteiger partial charge in [-0.1, -0.05) is 35.3 Å². The zero-order valence-electron chi connectivity index (χ0n) is 13.7. The first-order valence-corrected chi connectivity index (χ1v) is 8.91. The first-order valence-electron chi connectivity index (χ1n) is 8.15. The highest BCUT2D eigenvalue weighted by Crippen LogP contribution is 2.42. The van der Waals surface area contributed by atoms with E-state index >= 15 is 0 Å². The van der Waals surface area contributed by atoms with Crippen LogP contribution in [0.3, 0.4) is 0 Å². The predicted molar refractivity (Wildman–Crippen MR) is 99.9 cm³/mol. The molecule has 26 heavy (non-hydrogen) atoms. The Morgan fingerprint density at radius 1 is 1.31 bits per heavy atom. The van der Waals surface area contributed by atoms with Crippen LogP contribution in [-0.4, -0.2) is 34.0 Å². The molecule has 1 aliphatic heterocycles. The molecule has 134 valence electrons. The van der Waals surface area contributed by atoms with Crippen LogP contribution in [0, 0.1) is 5.82 Å². The van der Waals surface area contributed by atoms with Gasteiger partial charge >= 0.3 is 0 Å². The third kappa shape index (κ3) is 2.76. The molecule has 0 saturated heterocycles. The van der Waals surface area contributed by atoms with Crippen molar-refractivity contribution in [3.8, 4) is 11.1 Å². The summed E-state index contributed by atoms with van der Waals surface area (Å²) < 4.78 is 13.8. The lowest BCUT2D eigenvalue weighted by atomic mass is 9.96. The van der Waals surface area contributed by atoms with Gasteiger partial charge in [0.15, 0.2) is 0 Å². The summed E-state index contributed by atoms with van der Waals surface area (Å²) in [6.07, 6.45) is 0.617. The number of aliphatic hydroxyl groups excluding tert-OH is 1. The number of H-pyrrole nitrogens is 1. The Morgan fingerprint density at radius 3 is 2.85 bits per heavy atom. The number of fused-ring (bicyclic) bond motifs is 3. The zero-order chi connectivity index (χ0) is 18.4. The van der Waals surface area contributed by atoms with Crippen LogP contribution in [0.1, 0.15) is 11.3 Å². The van der Waals surface area contributed by atoms with Gasteiger partial charge in [0.2, 0.25) is 5.91 Å². The van der Waals surface area contributed by atoms with E-state index in [2.05, 4.69) is 4.98 Å². The van der Waals surface area contributed by atoms with Gasteiger partial charge in [-0.15, -0.1) is 0 Å². The highest BCUT2D eigenvalue weighted by Gasteiger charge is 2.26. The zero-order valence-corrected chi connectivity index (χ0v) is 15.2. The number of aromatic nitrogens is 1. The second-order valence-electron chi connectivity index (χ2n) is 6.29. The fourth-order valence-corrected chi connectivity index (χ4v) is 3.94. The summed E-state index contributed by atoms with van der Waals surface area (Å²) >= 11 is 12.7. The average Bonchev–Trinajstić information content (AvgIpc) is 3.03. The van der Waals surface area contributed by atoms with Gasteiger partial charge in [-0.25, -0.2) is 4.39 Å². The third-order valence-corrected chi connectivity index (χ3v) is 5.55. The Labute approximate surface area is 159 Å². The van der Waals surface area contributed by atoms with Crippen molar-refractivity contribution in [2.24, 2.45) is 0 Å². The van der Waals surface area contributed by atoms with E-state index in [1.807, 2.05) is 0 Å². The summed E-state index contributed by atoms with van der Waals surface area (Å²) in [5.41, 5.74) is 4.02. The number of aromatic amines is 1. The topological polar surface area (TPSA) is 56.3 Å². The van der Waals surface area contributed by atoms with Crippen LogP contribution in [0.2, 0.25) is 10.0 Å². The van der Waals surface area contributed by atoms with E-state index in [4.69, 9.17) is 28.3 Å². The van der Waals surface area contributed by atoms with Crippen molar-refractivity contribution >= 4 is 40.0 Å². The summed E-state index contributed by atoms with van der Waals surface area (Å²) in [5.74, 6) is -0.666. The molecule has 7 heteroatoms. The van der Waals surface area contributed by atoms with Crippen LogP contribution in [-0.2, 0) is 17.8 Å². The van der Waals surface area contributed by atoms with Crippen LogP contribution in [0.25, 0.3) is 22.0 Å². The lowest BCUT2D eigenvalue weighted by Gasteiger charge is -2.27. The molecule has 2 N–H and O–H groups in total. The molecule has 0 atom stereocenters. The Balaban J connectivity index is 1.97. The maximum Gasteiger partial charge on any atom is 0.248 e. The van der Waals surface area contributed by atoms with Crippen molar-refractivity contribution in [1.29, 1.82) is 0 Å². The van der Waals surface area contributed by atoms with Crippen molar-refractivity contribution in [1.82, 2.24) is 9.88 Å². The minimum atomic E-state index is -0.527. The quantitative estimate of drug-likeness (QED) is 0.687. The van der Waals surface area contributed by atoms with Gasteiger partial charge in [-0.05, 0) is 29.3 Å². The predicted octanol–water partition coefficient (Wildman–Crippen LogP) is 4.16. The van der Waals surface area contributed by atoms with Crippen LogP contribution >= 0.6 is 23.2 Å². The van der Waals surface area contributed by atoms with Gasteiger partial charge in [-0.3, -0.25) is 4.79 Å². The van der Waals surface area contributed by atoms with Gasteiger partial charge in [0.25, 0.3) is 0 Å². The standard InChI is InChI=1S/C19H15Cl2FN2O2/c20-14-7-12(10-2-1-3-11(22)6-10)17-13-8-24(16(26)9-25)5-4-15(13)23-19(17)18(14)21/h1-3,6-7,23,25H,4-5,8-9H2. The van der Waals surface area contributed by atoms with Gasteiger partial charge in [-0.2, -0.15) is 0 Å². The van der Waals surface area contributed by atoms with Crippen LogP contribution < -0.4 is 0 Å². The summed E-state index contributed by atoms with van der Waals surface area (Å²) in [7, 11) is 0. The maximum absolute atomic E-state index is 13.8. The number of hydrogen-bond donors (Lipinski definition) is 2. The van der Waals surface area contributed by atoms with Gasteiger partial charge in [0, 0.05) is 36.2 Å². The molecule has 0 fully saturated rings. The number of aliphatic hydroxyl groups is 1. The van der Waals surface area contributed by atoms with E-state index in [0.29, 0.717) is 40.6 Å². The SMILES string of the molecule is O=C(CO)N1CCc2[nH]c3c(Cl)c(Cl)cc(-c4cccc(F)c4)c3c2C1. The molecule has 2 heterocycles. The fourth-order valence-electron chi connectivity index (χ4n) is 3.54. The van der Waals surface area contributed by atoms with E-state index in [-0.39, 0.29) is 11.7 Å². The highest BCUT2D eigenvalue weighted by molar-refractivity contribution is 6.45. The number of hydrogen-bond acceptors (Lipinski definition) is 2. The third-order valence-electron chi connectivity index (χ3n) is 4.77. The first-order chi connectivity index (χ1) is 12.5. The van der Waals surface area contributed by atoms with E-state index in [9.17, 15) is 9.18 Å². The minimum absolute atomic E-state index is 0.322. The molecule has 0 saturated carbocycles.